The van der Waals surface area contributed by atoms with Crippen molar-refractivity contribution in [2.24, 2.45) is 7.05 Å². The van der Waals surface area contributed by atoms with E-state index < -0.39 is 40.3 Å². The number of ether oxygens (including phenoxy) is 1. The largest absolute Gasteiger partial charge is 0.444 e. The zero-order valence-corrected chi connectivity index (χ0v) is 27.2. The van der Waals surface area contributed by atoms with E-state index >= 15 is 0 Å². The van der Waals surface area contributed by atoms with E-state index in [1.165, 1.54) is 15.9 Å². The van der Waals surface area contributed by atoms with Crippen LogP contribution in [0.2, 0.25) is 5.15 Å². The van der Waals surface area contributed by atoms with Gasteiger partial charge < -0.3 is 9.30 Å². The number of amides is 2. The molecular formula is C33H36ClF3N6O3. The molecule has 0 spiro atoms. The molecule has 2 amide bonds. The summed E-state index contributed by atoms with van der Waals surface area (Å²) in [5.41, 5.74) is -1.23. The molecule has 0 saturated heterocycles. The second-order valence-electron chi connectivity index (χ2n) is 14.0. The fourth-order valence-electron chi connectivity index (χ4n) is 6.84. The second kappa shape index (κ2) is 10.8. The van der Waals surface area contributed by atoms with E-state index in [-0.39, 0.29) is 40.8 Å². The number of benzene rings is 1. The van der Waals surface area contributed by atoms with Crippen molar-refractivity contribution in [3.05, 3.63) is 81.5 Å². The van der Waals surface area contributed by atoms with Crippen LogP contribution >= 0.6 is 11.6 Å². The number of hydrogen-bond acceptors (Lipinski definition) is 6. The molecule has 0 N–H and O–H groups in total. The summed E-state index contributed by atoms with van der Waals surface area (Å²) in [6.07, 6.45) is -0.338. The van der Waals surface area contributed by atoms with Gasteiger partial charge in [0.05, 0.1) is 17.5 Å². The van der Waals surface area contributed by atoms with Crippen LogP contribution < -0.4 is 4.90 Å². The third-order valence-corrected chi connectivity index (χ3v) is 9.49. The predicted molar refractivity (Wildman–Crippen MR) is 165 cm³/mol. The number of carbonyl (C=O) groups is 2. The highest BCUT2D eigenvalue weighted by Gasteiger charge is 2.48. The number of aromatic nitrogens is 4. The Morgan fingerprint density at radius 3 is 2.39 bits per heavy atom. The molecule has 0 unspecified atom stereocenters. The standard InChI is InChI=1S/C33H36ClF3N6O3/c1-19-14-32(15-19,28-40-38-18-41(28)6)21-12-25(34)39-26(13-21)42-17-23-22(27(42)44)10-20(11-24(23)33(35,36)37)16-43(31(5)8-7-9-31)29(45)46-30(2,3)4/h10-13,18H,1,7-9,14-17H2,2-6H3. The Morgan fingerprint density at radius 2 is 1.85 bits per heavy atom. The van der Waals surface area contributed by atoms with Gasteiger partial charge >= 0.3 is 12.3 Å². The van der Waals surface area contributed by atoms with Gasteiger partial charge in [-0.1, -0.05) is 23.8 Å². The Bertz CT molecular complexity index is 1750. The number of hydrogen-bond donors (Lipinski definition) is 0. The van der Waals surface area contributed by atoms with Gasteiger partial charge in [0.2, 0.25) is 0 Å². The average molecular weight is 657 g/mol. The lowest BCUT2D eigenvalue weighted by Crippen LogP contribution is -2.54. The van der Waals surface area contributed by atoms with E-state index in [0.717, 1.165) is 18.1 Å². The molecule has 3 aromatic rings. The number of allylic oxidation sites excluding steroid dienone is 1. The Morgan fingerprint density at radius 1 is 1.15 bits per heavy atom. The highest BCUT2D eigenvalue weighted by molar-refractivity contribution is 6.29. The van der Waals surface area contributed by atoms with Gasteiger partial charge in [0.15, 0.2) is 0 Å². The molecule has 1 aromatic carbocycles. The maximum atomic E-state index is 14.6. The minimum absolute atomic E-state index is 0.0870. The molecule has 2 aliphatic carbocycles. The van der Waals surface area contributed by atoms with Crippen molar-refractivity contribution in [2.75, 3.05) is 4.90 Å². The maximum absolute atomic E-state index is 14.6. The zero-order chi connectivity index (χ0) is 33.4. The van der Waals surface area contributed by atoms with Crippen LogP contribution in [0.4, 0.5) is 23.8 Å². The molecule has 46 heavy (non-hydrogen) atoms. The number of carbonyl (C=O) groups excluding carboxylic acids is 2. The fourth-order valence-corrected chi connectivity index (χ4v) is 7.04. The average Bonchev–Trinajstić information content (AvgIpc) is 3.49. The van der Waals surface area contributed by atoms with Crippen molar-refractivity contribution in [2.45, 2.75) is 95.6 Å². The molecular weight excluding hydrogens is 621 g/mol. The Kier molecular flexibility index (Phi) is 7.53. The maximum Gasteiger partial charge on any atom is 0.416 e. The van der Waals surface area contributed by atoms with Crippen LogP contribution in [0.3, 0.4) is 0 Å². The summed E-state index contributed by atoms with van der Waals surface area (Å²) in [5.74, 6) is 0.185. The molecule has 244 valence electrons. The zero-order valence-electron chi connectivity index (χ0n) is 26.5. The first-order valence-electron chi connectivity index (χ1n) is 15.1. The van der Waals surface area contributed by atoms with Crippen molar-refractivity contribution in [3.63, 3.8) is 0 Å². The first kappa shape index (κ1) is 32.0. The van der Waals surface area contributed by atoms with Crippen molar-refractivity contribution < 1.29 is 27.5 Å². The van der Waals surface area contributed by atoms with Gasteiger partial charge in [-0.05, 0) is 101 Å². The monoisotopic (exact) mass is 656 g/mol. The predicted octanol–water partition coefficient (Wildman–Crippen LogP) is 7.36. The summed E-state index contributed by atoms with van der Waals surface area (Å²) in [6.45, 7) is 10.7. The molecule has 3 aliphatic rings. The van der Waals surface area contributed by atoms with E-state index in [9.17, 15) is 22.8 Å². The summed E-state index contributed by atoms with van der Waals surface area (Å²) in [5, 5.41) is 8.44. The quantitative estimate of drug-likeness (QED) is 0.203. The minimum atomic E-state index is -4.75. The lowest BCUT2D eigenvalue weighted by Gasteiger charge is -2.47. The van der Waals surface area contributed by atoms with Gasteiger partial charge in [0.1, 0.15) is 28.7 Å². The lowest BCUT2D eigenvalue weighted by atomic mass is 9.61. The van der Waals surface area contributed by atoms with E-state index in [0.29, 0.717) is 37.1 Å². The van der Waals surface area contributed by atoms with Crippen LogP contribution in [0, 0.1) is 0 Å². The number of rotatable bonds is 6. The molecule has 0 bridgehead atoms. The number of anilines is 1. The highest BCUT2D eigenvalue weighted by atomic mass is 35.5. The van der Waals surface area contributed by atoms with Gasteiger partial charge in [0.25, 0.3) is 5.91 Å². The summed E-state index contributed by atoms with van der Waals surface area (Å²) >= 11 is 6.49. The van der Waals surface area contributed by atoms with Crippen molar-refractivity contribution >= 4 is 29.4 Å². The number of halogens is 4. The number of pyridine rings is 1. The third-order valence-electron chi connectivity index (χ3n) is 9.30. The van der Waals surface area contributed by atoms with Gasteiger partial charge in [-0.15, -0.1) is 10.2 Å². The van der Waals surface area contributed by atoms with Gasteiger partial charge in [-0.3, -0.25) is 14.6 Å². The molecule has 6 rings (SSSR count). The number of aryl methyl sites for hydroxylation is 1. The van der Waals surface area contributed by atoms with Gasteiger partial charge in [0, 0.05) is 24.7 Å². The van der Waals surface area contributed by atoms with E-state index in [1.807, 2.05) is 14.0 Å². The molecule has 1 aliphatic heterocycles. The lowest BCUT2D eigenvalue weighted by molar-refractivity contribution is -0.138. The van der Waals surface area contributed by atoms with Crippen molar-refractivity contribution in [3.8, 4) is 0 Å². The molecule has 2 aromatic heterocycles. The third kappa shape index (κ3) is 5.54. The van der Waals surface area contributed by atoms with Crippen LogP contribution in [0.1, 0.15) is 98.2 Å². The minimum Gasteiger partial charge on any atom is -0.444 e. The summed E-state index contributed by atoms with van der Waals surface area (Å²) in [4.78, 5) is 34.3. The smallest absolute Gasteiger partial charge is 0.416 e. The van der Waals surface area contributed by atoms with Crippen LogP contribution in [0.25, 0.3) is 0 Å². The first-order chi connectivity index (χ1) is 21.4. The Balaban J connectivity index is 1.38. The normalized spacial score (nSPS) is 18.6. The van der Waals surface area contributed by atoms with Crippen molar-refractivity contribution in [1.82, 2.24) is 24.6 Å². The van der Waals surface area contributed by atoms with Crippen LogP contribution in [0.15, 0.2) is 42.7 Å². The molecule has 13 heteroatoms. The SMILES string of the molecule is C=C1CC(c2cc(Cl)nc(N3Cc4c(cc(CN(C(=O)OC(C)(C)C)C5(C)CCC5)cc4C(F)(F)F)C3=O)c2)(c2nncn2C)C1. The molecule has 3 heterocycles. The molecule has 9 nitrogen and oxygen atoms in total. The molecule has 0 radical (unpaired) electrons. The fraction of sp³-hybridized carbons (Fsp3) is 0.485. The summed E-state index contributed by atoms with van der Waals surface area (Å²) in [6, 6.07) is 5.86. The number of nitrogens with zero attached hydrogens (tertiary/aromatic N) is 6. The van der Waals surface area contributed by atoms with Crippen molar-refractivity contribution in [1.29, 1.82) is 0 Å². The second-order valence-corrected chi connectivity index (χ2v) is 14.4. The Labute approximate surface area is 270 Å². The Hall–Kier alpha value is -3.93. The highest BCUT2D eigenvalue weighted by Crippen LogP contribution is 2.52. The molecule has 2 saturated carbocycles. The number of alkyl halides is 3. The molecule has 0 atom stereocenters. The van der Waals surface area contributed by atoms with Crippen LogP contribution in [0.5, 0.6) is 0 Å². The van der Waals surface area contributed by atoms with E-state index in [4.69, 9.17) is 16.3 Å². The van der Waals surface area contributed by atoms with E-state index in [1.54, 1.807) is 43.8 Å². The van der Waals surface area contributed by atoms with E-state index in [2.05, 4.69) is 21.8 Å². The molecule has 2 fully saturated rings. The van der Waals surface area contributed by atoms with Crippen LogP contribution in [-0.4, -0.2) is 47.8 Å². The summed E-state index contributed by atoms with van der Waals surface area (Å²) in [7, 11) is 1.83. The first-order valence-corrected chi connectivity index (χ1v) is 15.5. The topological polar surface area (TPSA) is 93.4 Å². The number of fused-ring (bicyclic) bond motifs is 1. The summed E-state index contributed by atoms with van der Waals surface area (Å²) < 4.78 is 51.2. The van der Waals surface area contributed by atoms with Gasteiger partial charge in [-0.2, -0.15) is 13.2 Å². The van der Waals surface area contributed by atoms with Crippen LogP contribution in [-0.2, 0) is 36.5 Å². The van der Waals surface area contributed by atoms with Gasteiger partial charge in [-0.25, -0.2) is 9.78 Å².